The number of hydrogen-bond donors (Lipinski definition) is 1. The molecule has 0 aliphatic carbocycles. The van der Waals surface area contributed by atoms with Crippen molar-refractivity contribution in [2.24, 2.45) is 5.92 Å². The van der Waals surface area contributed by atoms with Crippen molar-refractivity contribution >= 4 is 17.6 Å². The van der Waals surface area contributed by atoms with Crippen LogP contribution in [-0.2, 0) is 10.2 Å². The Hall–Kier alpha value is -3.48. The third-order valence-electron chi connectivity index (χ3n) is 5.04. The van der Waals surface area contributed by atoms with Gasteiger partial charge in [-0.3, -0.25) is 9.59 Å². The maximum absolute atomic E-state index is 13.3. The number of benzene rings is 2. The number of aromatic nitrogens is 2. The van der Waals surface area contributed by atoms with Gasteiger partial charge in [-0.2, -0.15) is 5.10 Å². The lowest BCUT2D eigenvalue weighted by Crippen LogP contribution is -2.40. The van der Waals surface area contributed by atoms with E-state index in [1.807, 2.05) is 50.2 Å². The Kier molecular flexibility index (Phi) is 7.31. The fraction of sp³-hybridized carbons (Fsp3) is 0.346. The van der Waals surface area contributed by atoms with Crippen molar-refractivity contribution in [3.8, 4) is 5.69 Å². The van der Waals surface area contributed by atoms with Crippen LogP contribution < -0.4 is 5.32 Å². The van der Waals surface area contributed by atoms with Gasteiger partial charge in [-0.25, -0.2) is 9.07 Å². The number of amides is 2. The molecule has 1 aromatic heterocycles. The van der Waals surface area contributed by atoms with Crippen LogP contribution in [-0.4, -0.2) is 39.6 Å². The summed E-state index contributed by atoms with van der Waals surface area (Å²) in [5.74, 6) is -0.364. The highest BCUT2D eigenvalue weighted by molar-refractivity contribution is 5.99. The van der Waals surface area contributed by atoms with E-state index in [1.165, 1.54) is 29.2 Å². The van der Waals surface area contributed by atoms with Gasteiger partial charge in [0.2, 0.25) is 5.91 Å². The molecule has 7 heteroatoms. The lowest BCUT2D eigenvalue weighted by Gasteiger charge is -2.24. The van der Waals surface area contributed by atoms with Crippen molar-refractivity contribution in [2.45, 2.75) is 40.0 Å². The van der Waals surface area contributed by atoms with Crippen LogP contribution in [0, 0.1) is 11.7 Å². The first kappa shape index (κ1) is 24.2. The largest absolute Gasteiger partial charge is 0.329 e. The zero-order valence-corrected chi connectivity index (χ0v) is 19.8. The fourth-order valence-electron chi connectivity index (χ4n) is 3.39. The van der Waals surface area contributed by atoms with Crippen LogP contribution >= 0.6 is 0 Å². The minimum Gasteiger partial charge on any atom is -0.329 e. The highest BCUT2D eigenvalue weighted by atomic mass is 19.1. The second-order valence-electron chi connectivity index (χ2n) is 9.55. The average molecular weight is 451 g/mol. The van der Waals surface area contributed by atoms with Crippen molar-refractivity contribution < 1.29 is 14.0 Å². The summed E-state index contributed by atoms with van der Waals surface area (Å²) in [6.45, 7) is 10.4. The second kappa shape index (κ2) is 9.98. The third-order valence-corrected chi connectivity index (χ3v) is 5.04. The molecule has 0 bridgehead atoms. The number of anilines is 1. The van der Waals surface area contributed by atoms with E-state index in [9.17, 15) is 14.0 Å². The van der Waals surface area contributed by atoms with Gasteiger partial charge in [0.25, 0.3) is 5.91 Å². The predicted octanol–water partition coefficient (Wildman–Crippen LogP) is 5.05. The molecular formula is C26H31FN4O2. The number of halogens is 1. The van der Waals surface area contributed by atoms with E-state index in [0.29, 0.717) is 17.9 Å². The van der Waals surface area contributed by atoms with Gasteiger partial charge in [-0.1, -0.05) is 52.8 Å². The number of hydrogen-bond acceptors (Lipinski definition) is 3. The molecule has 33 heavy (non-hydrogen) atoms. The molecule has 3 aromatic rings. The average Bonchev–Trinajstić information content (AvgIpc) is 3.18. The highest BCUT2D eigenvalue weighted by Crippen LogP contribution is 2.26. The number of para-hydroxylation sites is 1. The maximum atomic E-state index is 13.3. The Morgan fingerprint density at radius 3 is 2.27 bits per heavy atom. The van der Waals surface area contributed by atoms with E-state index in [0.717, 1.165) is 11.4 Å². The Labute approximate surface area is 194 Å². The Morgan fingerprint density at radius 2 is 1.70 bits per heavy atom. The van der Waals surface area contributed by atoms with Crippen LogP contribution in [0.1, 0.15) is 50.7 Å². The SMILES string of the molecule is CC(C)CN(CC(=O)Nc1cc(C(C)(C)C)nn1-c1ccccc1)C(=O)c1ccc(F)cc1. The van der Waals surface area contributed by atoms with Crippen molar-refractivity contribution in [2.75, 3.05) is 18.4 Å². The normalized spacial score (nSPS) is 11.5. The van der Waals surface area contributed by atoms with Crippen molar-refractivity contribution in [1.29, 1.82) is 0 Å². The molecule has 0 unspecified atom stereocenters. The van der Waals surface area contributed by atoms with E-state index < -0.39 is 5.82 Å². The second-order valence-corrected chi connectivity index (χ2v) is 9.55. The monoisotopic (exact) mass is 450 g/mol. The molecule has 0 saturated carbocycles. The van der Waals surface area contributed by atoms with Crippen LogP contribution in [0.2, 0.25) is 0 Å². The van der Waals surface area contributed by atoms with Gasteiger partial charge in [-0.05, 0) is 42.3 Å². The molecule has 0 spiro atoms. The topological polar surface area (TPSA) is 67.2 Å². The lowest BCUT2D eigenvalue weighted by atomic mass is 9.92. The maximum Gasteiger partial charge on any atom is 0.254 e. The lowest BCUT2D eigenvalue weighted by molar-refractivity contribution is -0.117. The van der Waals surface area contributed by atoms with Crippen molar-refractivity contribution in [3.05, 3.63) is 77.7 Å². The van der Waals surface area contributed by atoms with Gasteiger partial charge in [-0.15, -0.1) is 0 Å². The quantitative estimate of drug-likeness (QED) is 0.548. The van der Waals surface area contributed by atoms with E-state index in [1.54, 1.807) is 4.68 Å². The Bertz CT molecular complexity index is 1100. The molecule has 1 heterocycles. The third kappa shape index (κ3) is 6.28. The molecule has 0 radical (unpaired) electrons. The number of carbonyl (C=O) groups excluding carboxylic acids is 2. The number of nitrogens with one attached hydrogen (secondary N) is 1. The van der Waals surface area contributed by atoms with E-state index >= 15 is 0 Å². The van der Waals surface area contributed by atoms with Crippen LogP contribution in [0.4, 0.5) is 10.2 Å². The van der Waals surface area contributed by atoms with Crippen molar-refractivity contribution in [1.82, 2.24) is 14.7 Å². The molecule has 2 amide bonds. The summed E-state index contributed by atoms with van der Waals surface area (Å²) < 4.78 is 15.0. The summed E-state index contributed by atoms with van der Waals surface area (Å²) >= 11 is 0. The van der Waals surface area contributed by atoms with Crippen LogP contribution in [0.5, 0.6) is 0 Å². The number of nitrogens with zero attached hydrogens (tertiary/aromatic N) is 3. The summed E-state index contributed by atoms with van der Waals surface area (Å²) in [7, 11) is 0. The Balaban J connectivity index is 1.84. The van der Waals surface area contributed by atoms with Crippen molar-refractivity contribution in [3.63, 3.8) is 0 Å². The zero-order chi connectivity index (χ0) is 24.2. The summed E-state index contributed by atoms with van der Waals surface area (Å²) in [5.41, 5.74) is 1.80. The predicted molar refractivity (Wildman–Crippen MR) is 128 cm³/mol. The van der Waals surface area contributed by atoms with Crippen LogP contribution in [0.25, 0.3) is 5.69 Å². The summed E-state index contributed by atoms with van der Waals surface area (Å²) in [5, 5.41) is 7.64. The first-order valence-corrected chi connectivity index (χ1v) is 11.1. The Morgan fingerprint density at radius 1 is 1.06 bits per heavy atom. The molecule has 2 aromatic carbocycles. The smallest absolute Gasteiger partial charge is 0.254 e. The van der Waals surface area contributed by atoms with E-state index in [-0.39, 0.29) is 29.7 Å². The van der Waals surface area contributed by atoms with Gasteiger partial charge in [0.15, 0.2) is 0 Å². The van der Waals surface area contributed by atoms with Gasteiger partial charge in [0, 0.05) is 23.6 Å². The first-order valence-electron chi connectivity index (χ1n) is 11.1. The minimum atomic E-state index is -0.413. The van der Waals surface area contributed by atoms with Crippen LogP contribution in [0.3, 0.4) is 0 Å². The fourth-order valence-corrected chi connectivity index (χ4v) is 3.39. The van der Waals surface area contributed by atoms with E-state index in [2.05, 4.69) is 26.1 Å². The zero-order valence-electron chi connectivity index (χ0n) is 19.8. The molecule has 0 aliphatic heterocycles. The number of carbonyl (C=O) groups is 2. The number of rotatable bonds is 7. The minimum absolute atomic E-state index is 0.126. The van der Waals surface area contributed by atoms with Crippen LogP contribution in [0.15, 0.2) is 60.7 Å². The molecule has 1 N–H and O–H groups in total. The molecule has 6 nitrogen and oxygen atoms in total. The van der Waals surface area contributed by atoms with E-state index in [4.69, 9.17) is 5.10 Å². The molecule has 0 saturated heterocycles. The standard InChI is InChI=1S/C26H31FN4O2/c1-18(2)16-30(25(33)19-11-13-20(27)14-12-19)17-24(32)28-23-15-22(26(3,4)5)29-31(23)21-9-7-6-8-10-21/h6-15,18H,16-17H2,1-5H3,(H,28,32). The summed E-state index contributed by atoms with van der Waals surface area (Å²) in [6.07, 6.45) is 0. The summed E-state index contributed by atoms with van der Waals surface area (Å²) in [4.78, 5) is 27.5. The molecule has 0 fully saturated rings. The van der Waals surface area contributed by atoms with Gasteiger partial charge in [0.05, 0.1) is 11.4 Å². The van der Waals surface area contributed by atoms with Gasteiger partial charge in [0.1, 0.15) is 18.2 Å². The van der Waals surface area contributed by atoms with Gasteiger partial charge < -0.3 is 10.2 Å². The first-order chi connectivity index (χ1) is 15.5. The molecule has 0 aliphatic rings. The van der Waals surface area contributed by atoms with Gasteiger partial charge >= 0.3 is 0 Å². The summed E-state index contributed by atoms with van der Waals surface area (Å²) in [6, 6.07) is 16.8. The molecular weight excluding hydrogens is 419 g/mol. The molecule has 3 rings (SSSR count). The molecule has 174 valence electrons. The molecule has 0 atom stereocenters. The highest BCUT2D eigenvalue weighted by Gasteiger charge is 2.24.